The predicted molar refractivity (Wildman–Crippen MR) is 191 cm³/mol. The summed E-state index contributed by atoms with van der Waals surface area (Å²) in [5.41, 5.74) is 7.58. The molecule has 0 bridgehead atoms. The second kappa shape index (κ2) is 19.3. The van der Waals surface area contributed by atoms with Crippen LogP contribution in [0.2, 0.25) is 0 Å². The van der Waals surface area contributed by atoms with Crippen LogP contribution in [0.25, 0.3) is 10.9 Å². The molecule has 0 radical (unpaired) electrons. The number of H-pyrrole nitrogens is 1. The number of nitrogens with two attached hydrogens (primary N) is 1. The molecule has 0 spiro atoms. The smallest absolute Gasteiger partial charge is 0.328 e. The summed E-state index contributed by atoms with van der Waals surface area (Å²) < 4.78 is 5.20. The van der Waals surface area contributed by atoms with Gasteiger partial charge in [-0.15, -0.1) is 11.6 Å². The number of aromatic amines is 1. The van der Waals surface area contributed by atoms with Crippen molar-refractivity contribution in [2.24, 2.45) is 5.73 Å². The summed E-state index contributed by atoms with van der Waals surface area (Å²) in [6.45, 7) is 2.19. The molecule has 2 heterocycles. The SMILES string of the molecule is CCOC(=O)[C@H](CCCNC(N)=O)NC(=O)[C@H](Cc1c[nH]c2ccccc12)NC(=O)[C@@H]1CCCCN1C(=O)[C@H](Cc1ccccc1)NC(=O)CCl. The number of nitrogens with zero attached hydrogens (tertiary/aromatic N) is 1. The number of halogens is 1. The van der Waals surface area contributed by atoms with E-state index in [4.69, 9.17) is 22.1 Å². The highest BCUT2D eigenvalue weighted by Gasteiger charge is 2.38. The number of amides is 6. The molecule has 15 heteroatoms. The number of hydrogen-bond acceptors (Lipinski definition) is 7. The van der Waals surface area contributed by atoms with Gasteiger partial charge in [-0.25, -0.2) is 9.59 Å². The van der Waals surface area contributed by atoms with Gasteiger partial charge in [0.25, 0.3) is 0 Å². The number of carbonyl (C=O) groups excluding carboxylic acids is 6. The van der Waals surface area contributed by atoms with E-state index in [9.17, 15) is 28.8 Å². The van der Waals surface area contributed by atoms with Gasteiger partial charge in [0.1, 0.15) is 30.0 Å². The molecule has 2 aromatic carbocycles. The molecule has 274 valence electrons. The average molecular weight is 724 g/mol. The van der Waals surface area contributed by atoms with Crippen LogP contribution in [0.4, 0.5) is 4.79 Å². The van der Waals surface area contributed by atoms with Gasteiger partial charge in [0.15, 0.2) is 0 Å². The van der Waals surface area contributed by atoms with Crippen LogP contribution in [-0.2, 0) is 41.6 Å². The fourth-order valence-electron chi connectivity index (χ4n) is 6.23. The number of aromatic nitrogens is 1. The van der Waals surface area contributed by atoms with Crippen LogP contribution in [0, 0.1) is 0 Å². The topological polar surface area (TPSA) is 205 Å². The standard InChI is InChI=1S/C36H46ClN7O7/c1-2-51-35(49)27(15-10-17-39-36(38)50)42-32(46)28(20-24-22-40-26-14-7-6-13-25(24)26)43-33(47)30-16-8-9-18-44(30)34(48)29(41-31(45)21-37)19-23-11-4-3-5-12-23/h3-7,11-14,22,27-30,40H,2,8-10,15-21H2,1H3,(H,41,45)(H,42,46)(H,43,47)(H3,38,39,50)/t27-,28-,29-,30-/m0/s1. The maximum absolute atomic E-state index is 14.1. The van der Waals surface area contributed by atoms with Crippen molar-refractivity contribution in [3.63, 3.8) is 0 Å². The monoisotopic (exact) mass is 723 g/mol. The Morgan fingerprint density at radius 3 is 2.41 bits per heavy atom. The Labute approximate surface area is 301 Å². The molecule has 3 aromatic rings. The van der Waals surface area contributed by atoms with E-state index in [1.54, 1.807) is 13.1 Å². The molecular formula is C36H46ClN7O7. The van der Waals surface area contributed by atoms with Crippen molar-refractivity contribution in [3.05, 3.63) is 71.9 Å². The average Bonchev–Trinajstić information content (AvgIpc) is 3.54. The Kier molecular flexibility index (Phi) is 14.7. The van der Waals surface area contributed by atoms with Crippen LogP contribution >= 0.6 is 11.6 Å². The van der Waals surface area contributed by atoms with E-state index in [1.807, 2.05) is 54.6 Å². The molecule has 6 amide bonds. The van der Waals surface area contributed by atoms with Crippen LogP contribution in [0.5, 0.6) is 0 Å². The Hall–Kier alpha value is -5.11. The molecule has 1 fully saturated rings. The van der Waals surface area contributed by atoms with Crippen LogP contribution in [-0.4, -0.2) is 95.3 Å². The number of hydrogen-bond donors (Lipinski definition) is 6. The summed E-state index contributed by atoms with van der Waals surface area (Å²) in [5, 5.41) is 11.7. The van der Waals surface area contributed by atoms with E-state index >= 15 is 0 Å². The third-order valence-corrected chi connectivity index (χ3v) is 8.96. The molecule has 1 aromatic heterocycles. The van der Waals surface area contributed by atoms with Gasteiger partial charge in [0, 0.05) is 43.0 Å². The third kappa shape index (κ3) is 11.2. The number of urea groups is 1. The zero-order valence-corrected chi connectivity index (χ0v) is 29.4. The number of piperidine rings is 1. The largest absolute Gasteiger partial charge is 0.464 e. The lowest BCUT2D eigenvalue weighted by Gasteiger charge is -2.37. The van der Waals surface area contributed by atoms with Gasteiger partial charge in [-0.1, -0.05) is 48.5 Å². The van der Waals surface area contributed by atoms with E-state index in [1.165, 1.54) is 4.90 Å². The number of ether oxygens (including phenoxy) is 1. The minimum absolute atomic E-state index is 0.0729. The Bertz CT molecular complexity index is 1670. The number of nitrogens with one attached hydrogen (secondary N) is 5. The van der Waals surface area contributed by atoms with Crippen LogP contribution in [0.15, 0.2) is 60.8 Å². The lowest BCUT2D eigenvalue weighted by atomic mass is 9.97. The highest BCUT2D eigenvalue weighted by molar-refractivity contribution is 6.27. The molecule has 7 N–H and O–H groups in total. The minimum atomic E-state index is -1.15. The van der Waals surface area contributed by atoms with Crippen molar-refractivity contribution in [1.82, 2.24) is 31.2 Å². The second-order valence-electron chi connectivity index (χ2n) is 12.4. The van der Waals surface area contributed by atoms with Crippen molar-refractivity contribution in [1.29, 1.82) is 0 Å². The van der Waals surface area contributed by atoms with E-state index < -0.39 is 59.8 Å². The maximum atomic E-state index is 14.1. The molecule has 14 nitrogen and oxygen atoms in total. The van der Waals surface area contributed by atoms with Crippen LogP contribution in [0.1, 0.15) is 50.2 Å². The minimum Gasteiger partial charge on any atom is -0.464 e. The van der Waals surface area contributed by atoms with Crippen LogP contribution in [0.3, 0.4) is 0 Å². The van der Waals surface area contributed by atoms with Crippen LogP contribution < -0.4 is 27.0 Å². The molecule has 0 saturated carbocycles. The van der Waals surface area contributed by atoms with E-state index in [0.717, 1.165) is 22.0 Å². The first kappa shape index (κ1) is 38.7. The van der Waals surface area contributed by atoms with Crippen molar-refractivity contribution in [2.45, 2.75) is 76.0 Å². The fourth-order valence-corrected chi connectivity index (χ4v) is 6.31. The predicted octanol–water partition coefficient (Wildman–Crippen LogP) is 2.04. The normalized spacial score (nSPS) is 16.0. The number of fused-ring (bicyclic) bond motifs is 1. The highest BCUT2D eigenvalue weighted by Crippen LogP contribution is 2.22. The van der Waals surface area contributed by atoms with Gasteiger partial charge >= 0.3 is 12.0 Å². The summed E-state index contributed by atoms with van der Waals surface area (Å²) in [6.07, 6.45) is 4.16. The first-order valence-corrected chi connectivity index (χ1v) is 17.7. The summed E-state index contributed by atoms with van der Waals surface area (Å²) in [7, 11) is 0. The number of likely N-dealkylation sites (tertiary alicyclic amines) is 1. The quantitative estimate of drug-likeness (QED) is 0.0694. The molecule has 4 atom stereocenters. The lowest BCUT2D eigenvalue weighted by molar-refractivity contribution is -0.148. The van der Waals surface area contributed by atoms with Crippen molar-refractivity contribution in [2.75, 3.05) is 25.6 Å². The zero-order chi connectivity index (χ0) is 36.8. The first-order chi connectivity index (χ1) is 24.6. The summed E-state index contributed by atoms with van der Waals surface area (Å²) in [6, 6.07) is 11.9. The molecule has 0 aliphatic carbocycles. The molecule has 1 aliphatic rings. The number of alkyl halides is 1. The van der Waals surface area contributed by atoms with Crippen molar-refractivity contribution in [3.8, 4) is 0 Å². The second-order valence-corrected chi connectivity index (χ2v) is 12.6. The Morgan fingerprint density at radius 1 is 0.941 bits per heavy atom. The number of primary amides is 1. The van der Waals surface area contributed by atoms with Gasteiger partial charge in [0.05, 0.1) is 6.61 Å². The highest BCUT2D eigenvalue weighted by atomic mass is 35.5. The molecule has 1 saturated heterocycles. The number of benzene rings is 2. The Balaban J connectivity index is 1.58. The molecule has 51 heavy (non-hydrogen) atoms. The van der Waals surface area contributed by atoms with Gasteiger partial charge in [-0.3, -0.25) is 19.2 Å². The number of esters is 1. The number of para-hydroxylation sites is 1. The van der Waals surface area contributed by atoms with Crippen molar-refractivity contribution < 1.29 is 33.5 Å². The summed E-state index contributed by atoms with van der Waals surface area (Å²) in [4.78, 5) is 83.2. The fraction of sp³-hybridized carbons (Fsp3) is 0.444. The molecular weight excluding hydrogens is 678 g/mol. The van der Waals surface area contributed by atoms with E-state index in [2.05, 4.69) is 26.3 Å². The Morgan fingerprint density at radius 2 is 1.69 bits per heavy atom. The molecule has 4 rings (SSSR count). The summed E-state index contributed by atoms with van der Waals surface area (Å²) in [5.74, 6) is -3.10. The molecule has 0 unspecified atom stereocenters. The van der Waals surface area contributed by atoms with Gasteiger partial charge < -0.3 is 41.6 Å². The maximum Gasteiger partial charge on any atom is 0.328 e. The molecule has 1 aliphatic heterocycles. The van der Waals surface area contributed by atoms with E-state index in [0.29, 0.717) is 25.7 Å². The van der Waals surface area contributed by atoms with Gasteiger partial charge in [-0.2, -0.15) is 0 Å². The number of rotatable bonds is 17. The number of carbonyl (C=O) groups is 6. The first-order valence-electron chi connectivity index (χ1n) is 17.2. The summed E-state index contributed by atoms with van der Waals surface area (Å²) >= 11 is 5.78. The van der Waals surface area contributed by atoms with Gasteiger partial charge in [-0.05, 0) is 56.2 Å². The third-order valence-electron chi connectivity index (χ3n) is 8.71. The van der Waals surface area contributed by atoms with Gasteiger partial charge in [0.2, 0.25) is 23.6 Å². The lowest BCUT2D eigenvalue weighted by Crippen LogP contribution is -2.60. The van der Waals surface area contributed by atoms with Crippen molar-refractivity contribution >= 4 is 58.1 Å². The zero-order valence-electron chi connectivity index (χ0n) is 28.6. The van der Waals surface area contributed by atoms with E-state index in [-0.39, 0.29) is 44.8 Å².